The Hall–Kier alpha value is -2.16. The minimum absolute atomic E-state index is 0.0959. The number of nitrogens with zero attached hydrogens (tertiary/aromatic N) is 1. The normalized spacial score (nSPS) is 10.1. The molecule has 2 aromatic rings. The molecule has 0 aliphatic rings. The molecular formula is C15H16N2O. The number of amides is 1. The highest BCUT2D eigenvalue weighted by molar-refractivity contribution is 6.04. The fourth-order valence-electron chi connectivity index (χ4n) is 1.89. The smallest absolute Gasteiger partial charge is 0.255 e. The van der Waals surface area contributed by atoms with Gasteiger partial charge in [-0.3, -0.25) is 9.78 Å². The highest BCUT2D eigenvalue weighted by Crippen LogP contribution is 2.21. The molecule has 0 unspecified atom stereocenters. The first-order chi connectivity index (χ1) is 8.72. The molecule has 0 atom stereocenters. The molecule has 3 nitrogen and oxygen atoms in total. The van der Waals surface area contributed by atoms with E-state index in [4.69, 9.17) is 0 Å². The van der Waals surface area contributed by atoms with E-state index in [1.54, 1.807) is 24.5 Å². The third-order valence-electron chi connectivity index (χ3n) is 2.92. The second-order valence-electron chi connectivity index (χ2n) is 4.15. The molecule has 0 saturated heterocycles. The van der Waals surface area contributed by atoms with E-state index in [9.17, 15) is 4.79 Å². The lowest BCUT2D eigenvalue weighted by Crippen LogP contribution is -2.14. The molecule has 2 rings (SSSR count). The second-order valence-corrected chi connectivity index (χ2v) is 4.15. The van der Waals surface area contributed by atoms with Crippen LogP contribution in [0.15, 0.2) is 42.7 Å². The average molecular weight is 240 g/mol. The molecule has 0 aliphatic heterocycles. The van der Waals surface area contributed by atoms with Crippen LogP contribution in [-0.2, 0) is 6.42 Å². The summed E-state index contributed by atoms with van der Waals surface area (Å²) in [4.78, 5) is 16.0. The van der Waals surface area contributed by atoms with Gasteiger partial charge in [0.15, 0.2) is 0 Å². The number of para-hydroxylation sites is 1. The number of aryl methyl sites for hydroxylation is 2. The maximum absolute atomic E-state index is 12.1. The van der Waals surface area contributed by atoms with Gasteiger partial charge in [-0.1, -0.05) is 25.1 Å². The van der Waals surface area contributed by atoms with E-state index in [1.807, 2.05) is 25.1 Å². The lowest BCUT2D eigenvalue weighted by atomic mass is 10.1. The van der Waals surface area contributed by atoms with E-state index >= 15 is 0 Å². The Morgan fingerprint density at radius 1 is 1.22 bits per heavy atom. The molecular weight excluding hydrogens is 224 g/mol. The monoisotopic (exact) mass is 240 g/mol. The van der Waals surface area contributed by atoms with Crippen molar-refractivity contribution in [1.29, 1.82) is 0 Å². The van der Waals surface area contributed by atoms with Gasteiger partial charge in [-0.25, -0.2) is 0 Å². The van der Waals surface area contributed by atoms with Crippen molar-refractivity contribution in [2.24, 2.45) is 0 Å². The first kappa shape index (κ1) is 12.3. The summed E-state index contributed by atoms with van der Waals surface area (Å²) in [5, 5.41) is 2.98. The van der Waals surface area contributed by atoms with Gasteiger partial charge < -0.3 is 5.32 Å². The van der Waals surface area contributed by atoms with Gasteiger partial charge in [-0.05, 0) is 36.6 Å². The highest BCUT2D eigenvalue weighted by Gasteiger charge is 2.09. The van der Waals surface area contributed by atoms with Gasteiger partial charge in [-0.15, -0.1) is 0 Å². The predicted molar refractivity (Wildman–Crippen MR) is 72.7 cm³/mol. The summed E-state index contributed by atoms with van der Waals surface area (Å²) in [5.74, 6) is -0.0959. The second kappa shape index (κ2) is 5.45. The van der Waals surface area contributed by atoms with Crippen LogP contribution in [0.2, 0.25) is 0 Å². The molecule has 0 bridgehead atoms. The molecule has 0 saturated carbocycles. The van der Waals surface area contributed by atoms with Crippen molar-refractivity contribution in [3.63, 3.8) is 0 Å². The zero-order chi connectivity index (χ0) is 13.0. The lowest BCUT2D eigenvalue weighted by Gasteiger charge is -2.12. The first-order valence-electron chi connectivity index (χ1n) is 6.02. The van der Waals surface area contributed by atoms with Crippen molar-refractivity contribution >= 4 is 11.6 Å². The molecule has 1 amide bonds. The third kappa shape index (κ3) is 2.56. The van der Waals surface area contributed by atoms with Crippen molar-refractivity contribution in [2.75, 3.05) is 5.32 Å². The molecule has 0 spiro atoms. The highest BCUT2D eigenvalue weighted by atomic mass is 16.1. The van der Waals surface area contributed by atoms with Gasteiger partial charge in [0, 0.05) is 23.6 Å². The number of carbonyl (C=O) groups is 1. The molecule has 1 N–H and O–H groups in total. The van der Waals surface area contributed by atoms with Crippen LogP contribution in [0.25, 0.3) is 0 Å². The van der Waals surface area contributed by atoms with Crippen molar-refractivity contribution in [2.45, 2.75) is 20.3 Å². The van der Waals surface area contributed by atoms with Crippen LogP contribution in [-0.4, -0.2) is 10.9 Å². The van der Waals surface area contributed by atoms with Crippen molar-refractivity contribution < 1.29 is 4.79 Å². The van der Waals surface area contributed by atoms with Crippen LogP contribution >= 0.6 is 0 Å². The van der Waals surface area contributed by atoms with Gasteiger partial charge in [0.2, 0.25) is 0 Å². The zero-order valence-electron chi connectivity index (χ0n) is 10.6. The maximum atomic E-state index is 12.1. The van der Waals surface area contributed by atoms with Crippen LogP contribution < -0.4 is 5.32 Å². The predicted octanol–water partition coefficient (Wildman–Crippen LogP) is 3.20. The SMILES string of the molecule is CCc1cccc(C)c1NC(=O)c1ccncc1. The number of hydrogen-bond acceptors (Lipinski definition) is 2. The molecule has 3 heteroatoms. The number of nitrogens with one attached hydrogen (secondary N) is 1. The minimum atomic E-state index is -0.0959. The van der Waals surface area contributed by atoms with E-state index in [0.717, 1.165) is 23.2 Å². The van der Waals surface area contributed by atoms with E-state index in [-0.39, 0.29) is 5.91 Å². The Kier molecular flexibility index (Phi) is 3.72. The van der Waals surface area contributed by atoms with Gasteiger partial charge >= 0.3 is 0 Å². The Balaban J connectivity index is 2.27. The summed E-state index contributed by atoms with van der Waals surface area (Å²) in [5.41, 5.74) is 3.77. The first-order valence-corrected chi connectivity index (χ1v) is 6.02. The Morgan fingerprint density at radius 2 is 1.94 bits per heavy atom. The summed E-state index contributed by atoms with van der Waals surface area (Å²) in [7, 11) is 0. The zero-order valence-corrected chi connectivity index (χ0v) is 10.6. The third-order valence-corrected chi connectivity index (χ3v) is 2.92. The van der Waals surface area contributed by atoms with E-state index in [2.05, 4.69) is 17.2 Å². The summed E-state index contributed by atoms with van der Waals surface area (Å²) in [6, 6.07) is 9.46. The number of rotatable bonds is 3. The summed E-state index contributed by atoms with van der Waals surface area (Å²) in [6.45, 7) is 4.08. The molecule has 0 fully saturated rings. The topological polar surface area (TPSA) is 42.0 Å². The fourth-order valence-corrected chi connectivity index (χ4v) is 1.89. The largest absolute Gasteiger partial charge is 0.321 e. The Morgan fingerprint density at radius 3 is 2.61 bits per heavy atom. The summed E-state index contributed by atoms with van der Waals surface area (Å²) >= 11 is 0. The van der Waals surface area contributed by atoms with Gasteiger partial charge in [0.05, 0.1) is 0 Å². The van der Waals surface area contributed by atoms with Crippen LogP contribution in [0.3, 0.4) is 0 Å². The number of anilines is 1. The quantitative estimate of drug-likeness (QED) is 0.895. The number of benzene rings is 1. The van der Waals surface area contributed by atoms with Crippen molar-refractivity contribution in [3.8, 4) is 0 Å². The van der Waals surface area contributed by atoms with E-state index in [0.29, 0.717) is 5.56 Å². The van der Waals surface area contributed by atoms with Crippen LogP contribution in [0.5, 0.6) is 0 Å². The minimum Gasteiger partial charge on any atom is -0.321 e. The van der Waals surface area contributed by atoms with Crippen molar-refractivity contribution in [3.05, 3.63) is 59.4 Å². The van der Waals surface area contributed by atoms with Crippen LogP contribution in [0.4, 0.5) is 5.69 Å². The van der Waals surface area contributed by atoms with Gasteiger partial charge in [-0.2, -0.15) is 0 Å². The van der Waals surface area contributed by atoms with Crippen LogP contribution in [0, 0.1) is 6.92 Å². The molecule has 0 radical (unpaired) electrons. The number of carbonyl (C=O) groups excluding carboxylic acids is 1. The van der Waals surface area contributed by atoms with Gasteiger partial charge in [0.25, 0.3) is 5.91 Å². The van der Waals surface area contributed by atoms with E-state index < -0.39 is 0 Å². The Bertz CT molecular complexity index is 550. The summed E-state index contributed by atoms with van der Waals surface area (Å²) in [6.07, 6.45) is 4.13. The standard InChI is InChI=1S/C15H16N2O/c1-3-12-6-4-5-11(2)14(12)17-15(18)13-7-9-16-10-8-13/h4-10H,3H2,1-2H3,(H,17,18). The maximum Gasteiger partial charge on any atom is 0.255 e. The van der Waals surface area contributed by atoms with Gasteiger partial charge in [0.1, 0.15) is 0 Å². The molecule has 0 aliphatic carbocycles. The van der Waals surface area contributed by atoms with E-state index in [1.165, 1.54) is 0 Å². The van der Waals surface area contributed by atoms with Crippen molar-refractivity contribution in [1.82, 2.24) is 4.98 Å². The molecule has 18 heavy (non-hydrogen) atoms. The van der Waals surface area contributed by atoms with Crippen LogP contribution in [0.1, 0.15) is 28.4 Å². The number of hydrogen-bond donors (Lipinski definition) is 1. The number of aromatic nitrogens is 1. The summed E-state index contributed by atoms with van der Waals surface area (Å²) < 4.78 is 0. The Labute approximate surface area is 107 Å². The molecule has 92 valence electrons. The lowest BCUT2D eigenvalue weighted by molar-refractivity contribution is 0.102. The number of pyridine rings is 1. The fraction of sp³-hybridized carbons (Fsp3) is 0.200. The molecule has 1 heterocycles. The molecule has 1 aromatic carbocycles. The molecule has 1 aromatic heterocycles. The average Bonchev–Trinajstić information content (AvgIpc) is 2.42.